The smallest absolute Gasteiger partial charge is 0.0620 e. The Balaban J connectivity index is 0.711. The van der Waals surface area contributed by atoms with Crippen molar-refractivity contribution >= 4 is 0 Å². The zero-order valence-corrected chi connectivity index (χ0v) is 60.5. The van der Waals surface area contributed by atoms with Crippen LogP contribution in [-0.2, 0) is 78.4 Å². The summed E-state index contributed by atoms with van der Waals surface area (Å²) in [5.41, 5.74) is 53.9. The van der Waals surface area contributed by atoms with E-state index in [1.54, 1.807) is 0 Å². The summed E-state index contributed by atoms with van der Waals surface area (Å²) in [6, 6.07) is 135. The van der Waals surface area contributed by atoms with Crippen molar-refractivity contribution in [2.24, 2.45) is 0 Å². The second-order valence-electron chi connectivity index (χ2n) is 33.8. The van der Waals surface area contributed by atoms with E-state index in [-0.39, 0.29) is 21.7 Å². The number of hydrogen-bond donors (Lipinski definition) is 0. The monoisotopic (exact) mass is 1380 g/mol. The van der Waals surface area contributed by atoms with Crippen LogP contribution in [0, 0.1) is 0 Å². The lowest BCUT2D eigenvalue weighted by atomic mass is 9.69. The van der Waals surface area contributed by atoms with E-state index in [0.29, 0.717) is 0 Å². The van der Waals surface area contributed by atoms with Crippen molar-refractivity contribution in [1.29, 1.82) is 0 Å². The quantitative estimate of drug-likeness (QED) is 0.165. The van der Waals surface area contributed by atoms with E-state index in [1.807, 2.05) is 0 Å². The molecule has 10 aliphatic carbocycles. The topological polar surface area (TPSA) is 0 Å². The van der Waals surface area contributed by atoms with E-state index >= 15 is 0 Å². The lowest BCUT2D eigenvalue weighted by molar-refractivity contribution is 0.563. The maximum absolute atomic E-state index is 2.67. The molecule has 0 nitrogen and oxygen atoms in total. The summed E-state index contributed by atoms with van der Waals surface area (Å²) in [6.45, 7) is 0. The van der Waals surface area contributed by atoms with Crippen LogP contribution in [0.3, 0.4) is 0 Å². The SMILES string of the molecule is c1ccc2c(c1)CC1(C2)c2ccccc2-c2ccc(-c3ccc4c(c3)C3(c5cc(-c6ccc7c(c6)C6(Cc8ccccc8C6)c6ccccc6-7)ccc5-4)c4cc(-c5ccc6c(c5)C5(Cc7ccccc7C5)c5ccccc5-6)ccc4-c4ccc(-c5ccc6c(c5)C5(Cc7ccccc7C5)c5ccccc5-6)cc43)cc21. The zero-order chi connectivity index (χ0) is 70.8. The molecular weight excluding hydrogens is 1310 g/mol. The van der Waals surface area contributed by atoms with Gasteiger partial charge in [0, 0.05) is 21.7 Å². The van der Waals surface area contributed by atoms with Crippen LogP contribution in [0.15, 0.2) is 340 Å². The Morgan fingerprint density at radius 3 is 0.468 bits per heavy atom. The molecule has 16 aromatic rings. The lowest BCUT2D eigenvalue weighted by Crippen LogP contribution is -2.26. The molecule has 0 heteroatoms. The van der Waals surface area contributed by atoms with Crippen LogP contribution in [0.2, 0.25) is 0 Å². The molecule has 0 heterocycles. The van der Waals surface area contributed by atoms with Crippen LogP contribution >= 0.6 is 0 Å². The van der Waals surface area contributed by atoms with Crippen molar-refractivity contribution in [3.8, 4) is 111 Å². The molecule has 0 saturated heterocycles. The highest BCUT2D eigenvalue weighted by molar-refractivity contribution is 6.00. The maximum Gasteiger partial charge on any atom is 0.0726 e. The summed E-state index contributed by atoms with van der Waals surface area (Å²) in [4.78, 5) is 0. The van der Waals surface area contributed by atoms with Crippen molar-refractivity contribution in [2.45, 2.75) is 78.4 Å². The number of benzene rings is 16. The van der Waals surface area contributed by atoms with Crippen molar-refractivity contribution < 1.29 is 0 Å². The molecule has 26 rings (SSSR count). The fraction of sp³-hybridized carbons (Fsp3) is 0.119. The van der Waals surface area contributed by atoms with Crippen LogP contribution in [0.4, 0.5) is 0 Å². The van der Waals surface area contributed by atoms with Gasteiger partial charge >= 0.3 is 0 Å². The molecule has 0 aromatic heterocycles. The minimum atomic E-state index is -0.751. The predicted octanol–water partition coefficient (Wildman–Crippen LogP) is 25.0. The van der Waals surface area contributed by atoms with Gasteiger partial charge in [-0.2, -0.15) is 0 Å². The van der Waals surface area contributed by atoms with Gasteiger partial charge in [0.2, 0.25) is 0 Å². The number of hydrogen-bond acceptors (Lipinski definition) is 0. The Hall–Kier alpha value is -12.5. The minimum Gasteiger partial charge on any atom is -0.0620 e. The third kappa shape index (κ3) is 7.60. The Kier molecular flexibility index (Phi) is 11.5. The first-order chi connectivity index (χ1) is 53.8. The van der Waals surface area contributed by atoms with Crippen molar-refractivity contribution in [2.75, 3.05) is 0 Å². The molecule has 16 aromatic carbocycles. The summed E-state index contributed by atoms with van der Waals surface area (Å²) in [5, 5.41) is 0. The van der Waals surface area contributed by atoms with Gasteiger partial charge in [0.05, 0.1) is 5.41 Å². The molecule has 508 valence electrons. The second-order valence-corrected chi connectivity index (χ2v) is 33.8. The molecule has 0 unspecified atom stereocenters. The summed E-state index contributed by atoms with van der Waals surface area (Å²) in [5.74, 6) is 0. The summed E-state index contributed by atoms with van der Waals surface area (Å²) < 4.78 is 0. The van der Waals surface area contributed by atoms with E-state index < -0.39 is 5.41 Å². The molecule has 0 aliphatic heterocycles. The summed E-state index contributed by atoms with van der Waals surface area (Å²) in [6.07, 6.45) is 8.03. The first kappa shape index (κ1) is 59.6. The minimum absolute atomic E-state index is 0.141. The fourth-order valence-corrected chi connectivity index (χ4v) is 24.5. The molecule has 0 atom stereocenters. The maximum atomic E-state index is 2.67. The van der Waals surface area contributed by atoms with Crippen molar-refractivity contribution in [3.63, 3.8) is 0 Å². The van der Waals surface area contributed by atoms with Gasteiger partial charge in [-0.1, -0.05) is 291 Å². The first-order valence-corrected chi connectivity index (χ1v) is 39.7. The second kappa shape index (κ2) is 21.0. The van der Waals surface area contributed by atoms with Gasteiger partial charge in [-0.25, -0.2) is 0 Å². The molecule has 0 bridgehead atoms. The molecular formula is C109H72. The van der Waals surface area contributed by atoms with Gasteiger partial charge in [0.1, 0.15) is 0 Å². The molecule has 0 saturated carbocycles. The third-order valence-corrected chi connectivity index (χ3v) is 29.1. The van der Waals surface area contributed by atoms with Gasteiger partial charge in [0.15, 0.2) is 0 Å². The zero-order valence-electron chi connectivity index (χ0n) is 60.5. The number of rotatable bonds is 4. The average molecular weight is 1380 g/mol. The van der Waals surface area contributed by atoms with Crippen LogP contribution in [-0.4, -0.2) is 0 Å². The Morgan fingerprint density at radius 1 is 0.128 bits per heavy atom. The van der Waals surface area contributed by atoms with Gasteiger partial charge < -0.3 is 0 Å². The van der Waals surface area contributed by atoms with E-state index in [0.717, 1.165) is 51.4 Å². The van der Waals surface area contributed by atoms with Crippen LogP contribution in [0.5, 0.6) is 0 Å². The average Bonchev–Trinajstić information content (AvgIpc) is 1.50. The van der Waals surface area contributed by atoms with Gasteiger partial charge in [0.25, 0.3) is 0 Å². The highest BCUT2D eigenvalue weighted by Crippen LogP contribution is 2.67. The summed E-state index contributed by atoms with van der Waals surface area (Å²) >= 11 is 0. The Labute approximate surface area is 636 Å². The molecule has 0 amide bonds. The molecule has 10 aliphatic rings. The van der Waals surface area contributed by atoms with E-state index in [9.17, 15) is 0 Å². The van der Waals surface area contributed by atoms with E-state index in [4.69, 9.17) is 0 Å². The van der Waals surface area contributed by atoms with Crippen LogP contribution in [0.25, 0.3) is 111 Å². The lowest BCUT2D eigenvalue weighted by Gasteiger charge is -2.32. The summed E-state index contributed by atoms with van der Waals surface area (Å²) in [7, 11) is 0. The molecule has 0 fully saturated rings. The Bertz CT molecular complexity index is 5910. The Morgan fingerprint density at radius 2 is 0.275 bits per heavy atom. The normalized spacial score (nSPS) is 16.9. The predicted molar refractivity (Wildman–Crippen MR) is 445 cm³/mol. The van der Waals surface area contributed by atoms with E-state index in [1.165, 1.54) is 223 Å². The fourth-order valence-electron chi connectivity index (χ4n) is 24.5. The molecule has 5 spiro atoms. The van der Waals surface area contributed by atoms with Gasteiger partial charge in [-0.15, -0.1) is 0 Å². The van der Waals surface area contributed by atoms with Crippen LogP contribution in [0.1, 0.15) is 111 Å². The molecule has 0 radical (unpaired) electrons. The van der Waals surface area contributed by atoms with Gasteiger partial charge in [-0.05, 0) is 322 Å². The molecule has 109 heavy (non-hydrogen) atoms. The van der Waals surface area contributed by atoms with Crippen LogP contribution < -0.4 is 0 Å². The van der Waals surface area contributed by atoms with Gasteiger partial charge in [-0.3, -0.25) is 0 Å². The number of fused-ring (bicyclic) bond motifs is 34. The largest absolute Gasteiger partial charge is 0.0726 e. The molecule has 0 N–H and O–H groups in total. The van der Waals surface area contributed by atoms with Crippen molar-refractivity contribution in [1.82, 2.24) is 0 Å². The highest BCUT2D eigenvalue weighted by atomic mass is 14.6. The highest BCUT2D eigenvalue weighted by Gasteiger charge is 2.55. The first-order valence-electron chi connectivity index (χ1n) is 39.7. The third-order valence-electron chi connectivity index (χ3n) is 29.1. The van der Waals surface area contributed by atoms with Crippen molar-refractivity contribution in [3.05, 3.63) is 451 Å². The standard InChI is InChI=1S/C109H72/c1-2-18-74-58-105(57-73(74)17-1)93-29-13-9-25-81(93)85-41-33-65(49-97(85)105)69-37-45-89-90-46-38-70(66-34-42-86-82-26-10-14-30-94(82)106(98(86)50-66)59-75-19-3-4-20-76(75)60-106)54-102(90)109(101(89)53-69)103-55-71(67-35-43-87-83-27-11-15-31-95(83)107(99(87)51-67)61-77-21-5-6-22-78(77)62-107)39-47-91(103)92-48-40-72(56-104(92)109)68-36-44-88-84-28-12-16-32-96(84)108(100(88)52-68)63-79-23-7-8-24-80(79)64-108/h1-56H,57-64H2. The van der Waals surface area contributed by atoms with E-state index in [2.05, 4.69) is 340 Å².